The van der Waals surface area contributed by atoms with E-state index in [1.54, 1.807) is 31.4 Å². The van der Waals surface area contributed by atoms with Crippen LogP contribution in [0.15, 0.2) is 72.0 Å². The maximum absolute atomic E-state index is 12.5. The van der Waals surface area contributed by atoms with Crippen LogP contribution in [0.4, 0.5) is 5.69 Å². The summed E-state index contributed by atoms with van der Waals surface area (Å²) in [6.07, 6.45) is 8.04. The molecular weight excluding hydrogens is 416 g/mol. The van der Waals surface area contributed by atoms with Gasteiger partial charge in [-0.25, -0.2) is 4.98 Å². The number of hydrogen-bond donors (Lipinski definition) is 3. The molecule has 5 rings (SSSR count). The first-order chi connectivity index (χ1) is 16.0. The van der Waals surface area contributed by atoms with E-state index in [1.165, 1.54) is 0 Å². The fraction of sp³-hybridized carbons (Fsp3) is 0.160. The third-order valence-electron chi connectivity index (χ3n) is 5.75. The van der Waals surface area contributed by atoms with Crippen molar-refractivity contribution in [3.05, 3.63) is 88.9 Å². The minimum absolute atomic E-state index is 0.00935. The van der Waals surface area contributed by atoms with Gasteiger partial charge in [-0.1, -0.05) is 12.1 Å². The average Bonchev–Trinajstić information content (AvgIpc) is 3.45. The smallest absolute Gasteiger partial charge is 0.272 e. The number of carbonyl (C=O) groups excluding carboxylic acids is 1. The Bertz CT molecular complexity index is 1530. The number of aromatic nitrogens is 4. The fourth-order valence-electron chi connectivity index (χ4n) is 3.98. The van der Waals surface area contributed by atoms with Gasteiger partial charge < -0.3 is 24.6 Å². The van der Waals surface area contributed by atoms with Crippen molar-refractivity contribution in [2.45, 2.75) is 6.42 Å². The van der Waals surface area contributed by atoms with E-state index in [4.69, 9.17) is 0 Å². The zero-order valence-corrected chi connectivity index (χ0v) is 18.4. The van der Waals surface area contributed by atoms with E-state index < -0.39 is 0 Å². The van der Waals surface area contributed by atoms with Gasteiger partial charge in [-0.3, -0.25) is 9.59 Å². The summed E-state index contributed by atoms with van der Waals surface area (Å²) < 4.78 is 1.94. The van der Waals surface area contributed by atoms with Crippen LogP contribution in [0.3, 0.4) is 0 Å². The van der Waals surface area contributed by atoms with Crippen molar-refractivity contribution >= 4 is 28.1 Å². The van der Waals surface area contributed by atoms with E-state index in [2.05, 4.69) is 20.3 Å². The Morgan fingerprint density at radius 3 is 2.85 bits per heavy atom. The molecule has 0 atom stereocenters. The first kappa shape index (κ1) is 20.6. The second kappa shape index (κ2) is 8.31. The Morgan fingerprint density at radius 1 is 1.12 bits per heavy atom. The number of nitrogens with one attached hydrogen (secondary N) is 3. The zero-order valence-electron chi connectivity index (χ0n) is 18.4. The van der Waals surface area contributed by atoms with Gasteiger partial charge in [0.15, 0.2) is 0 Å². The third-order valence-corrected chi connectivity index (χ3v) is 5.75. The maximum Gasteiger partial charge on any atom is 0.272 e. The molecule has 0 radical (unpaired) electrons. The second-order valence-corrected chi connectivity index (χ2v) is 8.21. The lowest BCUT2D eigenvalue weighted by molar-refractivity contribution is -0.126. The Hall–Kier alpha value is -4.33. The number of rotatable bonds is 6. The zero-order chi connectivity index (χ0) is 22.9. The van der Waals surface area contributed by atoms with E-state index in [0.29, 0.717) is 11.9 Å². The summed E-state index contributed by atoms with van der Waals surface area (Å²) >= 11 is 0. The molecule has 4 heterocycles. The molecule has 4 aromatic heterocycles. The van der Waals surface area contributed by atoms with Crippen LogP contribution in [0.5, 0.6) is 0 Å². The molecule has 0 saturated heterocycles. The van der Waals surface area contributed by atoms with Gasteiger partial charge in [-0.2, -0.15) is 0 Å². The lowest BCUT2D eigenvalue weighted by Gasteiger charge is -2.12. The molecule has 0 aliphatic rings. The highest BCUT2D eigenvalue weighted by Crippen LogP contribution is 2.29. The van der Waals surface area contributed by atoms with E-state index in [9.17, 15) is 9.59 Å². The van der Waals surface area contributed by atoms with Crippen molar-refractivity contribution in [2.75, 3.05) is 26.0 Å². The molecule has 0 fully saturated rings. The Morgan fingerprint density at radius 2 is 2.00 bits per heavy atom. The largest absolute Gasteiger partial charge is 0.376 e. The number of carbonyl (C=O) groups is 1. The van der Waals surface area contributed by atoms with Crippen molar-refractivity contribution in [1.29, 1.82) is 0 Å². The molecule has 3 N–H and O–H groups in total. The highest BCUT2D eigenvalue weighted by molar-refractivity contribution is 5.94. The molecule has 0 aliphatic heterocycles. The molecule has 5 aromatic rings. The standard InChI is InChI=1S/C25H24N6O2/c1-30(2)23(32)14-27-18-6-3-5-16(9-18)10-19-12-29-25(33)22-11-17(15-31(19)22)21-13-28-24-20(21)7-4-8-26-24/h3-9,11-13,15,27H,10,14H2,1-2H3,(H,26,28)(H,29,33). The number of aromatic amines is 2. The van der Waals surface area contributed by atoms with Crippen molar-refractivity contribution < 1.29 is 4.79 Å². The molecular formula is C25H24N6O2. The second-order valence-electron chi connectivity index (χ2n) is 8.21. The van der Waals surface area contributed by atoms with Crippen LogP contribution < -0.4 is 10.9 Å². The monoisotopic (exact) mass is 440 g/mol. The molecule has 1 amide bonds. The molecule has 0 aliphatic carbocycles. The number of anilines is 1. The van der Waals surface area contributed by atoms with Gasteiger partial charge in [0.2, 0.25) is 5.91 Å². The van der Waals surface area contributed by atoms with Crippen molar-refractivity contribution in [1.82, 2.24) is 24.3 Å². The van der Waals surface area contributed by atoms with E-state index in [-0.39, 0.29) is 18.0 Å². The predicted octanol–water partition coefficient (Wildman–Crippen LogP) is 3.26. The third kappa shape index (κ3) is 3.98. The number of hydrogen-bond acceptors (Lipinski definition) is 4. The molecule has 0 saturated carbocycles. The summed E-state index contributed by atoms with van der Waals surface area (Å²) in [4.78, 5) is 36.4. The summed E-state index contributed by atoms with van der Waals surface area (Å²) in [7, 11) is 3.47. The number of pyridine rings is 1. The number of amides is 1. The molecule has 1 aromatic carbocycles. The number of likely N-dealkylation sites (N-methyl/N-ethyl adjacent to an activating group) is 1. The predicted molar refractivity (Wildman–Crippen MR) is 130 cm³/mol. The van der Waals surface area contributed by atoms with Crippen LogP contribution in [0, 0.1) is 0 Å². The first-order valence-corrected chi connectivity index (χ1v) is 10.7. The molecule has 0 unspecified atom stereocenters. The van der Waals surface area contributed by atoms with Gasteiger partial charge in [0.25, 0.3) is 5.56 Å². The minimum atomic E-state index is -0.138. The van der Waals surface area contributed by atoms with Crippen LogP contribution in [0.1, 0.15) is 11.3 Å². The molecule has 0 spiro atoms. The van der Waals surface area contributed by atoms with Crippen LogP contribution in [-0.4, -0.2) is 50.8 Å². The van der Waals surface area contributed by atoms with Gasteiger partial charge in [-0.15, -0.1) is 0 Å². The van der Waals surface area contributed by atoms with Crippen LogP contribution in [0.2, 0.25) is 0 Å². The molecule has 33 heavy (non-hydrogen) atoms. The summed E-state index contributed by atoms with van der Waals surface area (Å²) in [6.45, 7) is 0.236. The summed E-state index contributed by atoms with van der Waals surface area (Å²) in [5.74, 6) is 0.00935. The summed E-state index contributed by atoms with van der Waals surface area (Å²) in [5, 5.41) is 4.18. The number of benzene rings is 1. The van der Waals surface area contributed by atoms with Crippen molar-refractivity contribution in [3.8, 4) is 11.1 Å². The number of H-pyrrole nitrogens is 2. The fourth-order valence-corrected chi connectivity index (χ4v) is 3.98. The molecule has 8 heteroatoms. The van der Waals surface area contributed by atoms with Crippen LogP contribution in [-0.2, 0) is 11.2 Å². The summed E-state index contributed by atoms with van der Waals surface area (Å²) in [5.41, 5.74) is 6.12. The van der Waals surface area contributed by atoms with Crippen molar-refractivity contribution in [2.24, 2.45) is 0 Å². The number of fused-ring (bicyclic) bond motifs is 2. The normalized spacial score (nSPS) is 11.2. The molecule has 166 valence electrons. The van der Waals surface area contributed by atoms with E-state index in [1.807, 2.05) is 59.3 Å². The lowest BCUT2D eigenvalue weighted by Crippen LogP contribution is -2.28. The first-order valence-electron chi connectivity index (χ1n) is 10.7. The van der Waals surface area contributed by atoms with Crippen LogP contribution >= 0.6 is 0 Å². The SMILES string of the molecule is CN(C)C(=O)CNc1cccc(Cc2c[nH]c(=O)c3cc(-c4c[nH]c5ncccc45)cn23)c1. The Labute approximate surface area is 189 Å². The maximum atomic E-state index is 12.5. The van der Waals surface area contributed by atoms with E-state index in [0.717, 1.165) is 39.1 Å². The molecule has 0 bridgehead atoms. The van der Waals surface area contributed by atoms with Crippen LogP contribution in [0.25, 0.3) is 27.7 Å². The van der Waals surface area contributed by atoms with Gasteiger partial charge in [0, 0.05) is 73.2 Å². The molecule has 8 nitrogen and oxygen atoms in total. The quantitative estimate of drug-likeness (QED) is 0.377. The lowest BCUT2D eigenvalue weighted by atomic mass is 10.1. The van der Waals surface area contributed by atoms with Gasteiger partial charge >= 0.3 is 0 Å². The van der Waals surface area contributed by atoms with Gasteiger partial charge in [-0.05, 0) is 35.9 Å². The van der Waals surface area contributed by atoms with Gasteiger partial charge in [0.05, 0.1) is 6.54 Å². The topological polar surface area (TPSA) is 98.3 Å². The highest BCUT2D eigenvalue weighted by atomic mass is 16.2. The van der Waals surface area contributed by atoms with E-state index >= 15 is 0 Å². The summed E-state index contributed by atoms with van der Waals surface area (Å²) in [6, 6.07) is 13.8. The highest BCUT2D eigenvalue weighted by Gasteiger charge is 2.13. The van der Waals surface area contributed by atoms with Crippen molar-refractivity contribution in [3.63, 3.8) is 0 Å². The Kier molecular flexibility index (Phi) is 5.18. The average molecular weight is 441 g/mol. The van der Waals surface area contributed by atoms with Gasteiger partial charge in [0.1, 0.15) is 11.2 Å². The minimum Gasteiger partial charge on any atom is -0.376 e. The number of nitrogens with zero attached hydrogens (tertiary/aromatic N) is 3. The Balaban J connectivity index is 1.47.